The molecule has 0 spiro atoms. The lowest BCUT2D eigenvalue weighted by atomic mass is 9.98. The summed E-state index contributed by atoms with van der Waals surface area (Å²) in [5.74, 6) is 0.375. The van der Waals surface area contributed by atoms with Crippen LogP contribution in [-0.4, -0.2) is 6.54 Å². The molecule has 1 nitrogen and oxygen atoms in total. The molecule has 1 N–H and O–H groups in total. The Morgan fingerprint density at radius 2 is 1.65 bits per heavy atom. The fourth-order valence-corrected chi connectivity index (χ4v) is 2.19. The first kappa shape index (κ1) is 14.7. The summed E-state index contributed by atoms with van der Waals surface area (Å²) in [5, 5.41) is 3.14. The lowest BCUT2D eigenvalue weighted by Gasteiger charge is -2.09. The minimum Gasteiger partial charge on any atom is -0.313 e. The standard InChI is InChI=1S/C18H22FN/c1-4-20-12-17-10-9-16(11-18(17)19)15-7-5-14(6-8-15)13(2)3/h5-11,13,20H,4,12H2,1-3H3. The summed E-state index contributed by atoms with van der Waals surface area (Å²) in [6, 6.07) is 13.8. The summed E-state index contributed by atoms with van der Waals surface area (Å²) >= 11 is 0. The number of benzene rings is 2. The maximum atomic E-state index is 14.0. The van der Waals surface area contributed by atoms with E-state index in [0.717, 1.165) is 23.2 Å². The molecule has 0 aliphatic rings. The van der Waals surface area contributed by atoms with Crippen molar-refractivity contribution in [3.8, 4) is 11.1 Å². The Bertz CT molecular complexity index is 558. The van der Waals surface area contributed by atoms with Crippen LogP contribution in [0.4, 0.5) is 4.39 Å². The topological polar surface area (TPSA) is 12.0 Å². The first-order valence-electron chi connectivity index (χ1n) is 7.21. The molecule has 106 valence electrons. The van der Waals surface area contributed by atoms with Gasteiger partial charge in [0.2, 0.25) is 0 Å². The smallest absolute Gasteiger partial charge is 0.128 e. The van der Waals surface area contributed by atoms with E-state index in [2.05, 4.69) is 43.4 Å². The van der Waals surface area contributed by atoms with Gasteiger partial charge >= 0.3 is 0 Å². The van der Waals surface area contributed by atoms with E-state index < -0.39 is 0 Å². The maximum Gasteiger partial charge on any atom is 0.128 e. The second-order valence-electron chi connectivity index (χ2n) is 5.36. The molecule has 0 saturated carbocycles. The monoisotopic (exact) mass is 271 g/mol. The Hall–Kier alpha value is -1.67. The second-order valence-corrected chi connectivity index (χ2v) is 5.36. The summed E-state index contributed by atoms with van der Waals surface area (Å²) in [6.07, 6.45) is 0. The van der Waals surface area contributed by atoms with Gasteiger partial charge in [0.25, 0.3) is 0 Å². The molecule has 0 bridgehead atoms. The van der Waals surface area contributed by atoms with Crippen molar-refractivity contribution in [2.45, 2.75) is 33.2 Å². The Morgan fingerprint density at radius 3 is 2.20 bits per heavy atom. The van der Waals surface area contributed by atoms with Gasteiger partial charge in [0.05, 0.1) is 0 Å². The molecule has 0 unspecified atom stereocenters. The van der Waals surface area contributed by atoms with Gasteiger partial charge < -0.3 is 5.32 Å². The molecule has 0 saturated heterocycles. The van der Waals surface area contributed by atoms with Crippen molar-refractivity contribution in [1.29, 1.82) is 0 Å². The Morgan fingerprint density at radius 1 is 1.00 bits per heavy atom. The van der Waals surface area contributed by atoms with Crippen LogP contribution in [0.3, 0.4) is 0 Å². The van der Waals surface area contributed by atoms with E-state index in [1.807, 2.05) is 19.1 Å². The molecule has 0 radical (unpaired) electrons. The second kappa shape index (κ2) is 6.67. The SMILES string of the molecule is CCNCc1ccc(-c2ccc(C(C)C)cc2)cc1F. The summed E-state index contributed by atoms with van der Waals surface area (Å²) in [4.78, 5) is 0. The fraction of sp³-hybridized carbons (Fsp3) is 0.333. The highest BCUT2D eigenvalue weighted by Crippen LogP contribution is 2.24. The lowest BCUT2D eigenvalue weighted by molar-refractivity contribution is 0.594. The molecule has 0 aliphatic heterocycles. The van der Waals surface area contributed by atoms with Crippen LogP contribution in [0.15, 0.2) is 42.5 Å². The molecule has 2 aromatic carbocycles. The van der Waals surface area contributed by atoms with Gasteiger partial charge in [-0.1, -0.05) is 57.2 Å². The van der Waals surface area contributed by atoms with E-state index in [-0.39, 0.29) is 5.82 Å². The normalized spacial score (nSPS) is 11.1. The van der Waals surface area contributed by atoms with E-state index >= 15 is 0 Å². The number of hydrogen-bond donors (Lipinski definition) is 1. The molecule has 0 aromatic heterocycles. The largest absolute Gasteiger partial charge is 0.313 e. The van der Waals surface area contributed by atoms with E-state index in [1.54, 1.807) is 6.07 Å². The van der Waals surface area contributed by atoms with Crippen molar-refractivity contribution in [3.05, 3.63) is 59.4 Å². The Kier molecular flexibility index (Phi) is 4.91. The molecule has 2 heteroatoms. The van der Waals surface area contributed by atoms with Gasteiger partial charge in [0.1, 0.15) is 5.82 Å². The van der Waals surface area contributed by atoms with Gasteiger partial charge in [-0.05, 0) is 35.2 Å². The molecule has 0 aliphatic carbocycles. The molecule has 2 aromatic rings. The van der Waals surface area contributed by atoms with E-state index in [1.165, 1.54) is 5.56 Å². The third kappa shape index (κ3) is 3.45. The van der Waals surface area contributed by atoms with Crippen LogP contribution in [0.1, 0.15) is 37.8 Å². The summed E-state index contributed by atoms with van der Waals surface area (Å²) in [7, 11) is 0. The average molecular weight is 271 g/mol. The van der Waals surface area contributed by atoms with Crippen molar-refractivity contribution < 1.29 is 4.39 Å². The first-order chi connectivity index (χ1) is 9.61. The van der Waals surface area contributed by atoms with Gasteiger partial charge in [-0.3, -0.25) is 0 Å². The molecule has 0 atom stereocenters. The van der Waals surface area contributed by atoms with Gasteiger partial charge in [0.15, 0.2) is 0 Å². The van der Waals surface area contributed by atoms with Crippen LogP contribution < -0.4 is 5.32 Å². The van der Waals surface area contributed by atoms with Crippen molar-refractivity contribution in [2.24, 2.45) is 0 Å². The number of halogens is 1. The zero-order valence-corrected chi connectivity index (χ0v) is 12.4. The molecule has 2 rings (SSSR count). The van der Waals surface area contributed by atoms with Gasteiger partial charge in [0, 0.05) is 12.1 Å². The molecular formula is C18H22FN. The van der Waals surface area contributed by atoms with Crippen LogP contribution in [0, 0.1) is 5.82 Å². The minimum atomic E-state index is -0.142. The quantitative estimate of drug-likeness (QED) is 0.829. The zero-order chi connectivity index (χ0) is 14.5. The zero-order valence-electron chi connectivity index (χ0n) is 12.4. The van der Waals surface area contributed by atoms with E-state index in [9.17, 15) is 4.39 Å². The molecule has 20 heavy (non-hydrogen) atoms. The predicted molar refractivity (Wildman–Crippen MR) is 83.3 cm³/mol. The minimum absolute atomic E-state index is 0.142. The number of nitrogens with one attached hydrogen (secondary N) is 1. The van der Waals surface area contributed by atoms with E-state index in [4.69, 9.17) is 0 Å². The third-order valence-corrected chi connectivity index (χ3v) is 3.53. The highest BCUT2D eigenvalue weighted by atomic mass is 19.1. The van der Waals surface area contributed by atoms with Gasteiger partial charge in [-0.15, -0.1) is 0 Å². The van der Waals surface area contributed by atoms with Crippen molar-refractivity contribution in [1.82, 2.24) is 5.32 Å². The van der Waals surface area contributed by atoms with Crippen LogP contribution >= 0.6 is 0 Å². The predicted octanol–water partition coefficient (Wildman–Crippen LogP) is 4.73. The number of hydrogen-bond acceptors (Lipinski definition) is 1. The first-order valence-corrected chi connectivity index (χ1v) is 7.21. The summed E-state index contributed by atoms with van der Waals surface area (Å²) < 4.78 is 14.0. The molecular weight excluding hydrogens is 249 g/mol. The van der Waals surface area contributed by atoms with Crippen molar-refractivity contribution in [2.75, 3.05) is 6.54 Å². The van der Waals surface area contributed by atoms with Gasteiger partial charge in [-0.25, -0.2) is 4.39 Å². The molecule has 0 fully saturated rings. The van der Waals surface area contributed by atoms with Crippen LogP contribution in [0.5, 0.6) is 0 Å². The fourth-order valence-electron chi connectivity index (χ4n) is 2.19. The molecule has 0 amide bonds. The van der Waals surface area contributed by atoms with Crippen molar-refractivity contribution >= 4 is 0 Å². The Labute approximate surface area is 120 Å². The average Bonchev–Trinajstić information content (AvgIpc) is 2.46. The van der Waals surface area contributed by atoms with E-state index in [0.29, 0.717) is 12.5 Å². The lowest BCUT2D eigenvalue weighted by Crippen LogP contribution is -2.12. The Balaban J connectivity index is 2.22. The highest BCUT2D eigenvalue weighted by Gasteiger charge is 2.05. The van der Waals surface area contributed by atoms with Crippen LogP contribution in [-0.2, 0) is 6.54 Å². The highest BCUT2D eigenvalue weighted by molar-refractivity contribution is 5.64. The third-order valence-electron chi connectivity index (χ3n) is 3.53. The summed E-state index contributed by atoms with van der Waals surface area (Å²) in [5.41, 5.74) is 4.01. The maximum absolute atomic E-state index is 14.0. The van der Waals surface area contributed by atoms with Crippen LogP contribution in [0.2, 0.25) is 0 Å². The molecule has 0 heterocycles. The van der Waals surface area contributed by atoms with Gasteiger partial charge in [-0.2, -0.15) is 0 Å². The van der Waals surface area contributed by atoms with Crippen molar-refractivity contribution in [3.63, 3.8) is 0 Å². The summed E-state index contributed by atoms with van der Waals surface area (Å²) in [6.45, 7) is 7.78. The number of rotatable bonds is 5. The van der Waals surface area contributed by atoms with Crippen LogP contribution in [0.25, 0.3) is 11.1 Å².